The number of carboxylic acids is 1. The molecule has 0 rings (SSSR count). The number of aliphatic carboxylic acids is 1. The molecule has 0 saturated carbocycles. The molecule has 0 spiro atoms. The number of carboxylic acid groups (broad SMARTS) is 1. The van der Waals surface area contributed by atoms with Crippen molar-refractivity contribution < 1.29 is 22.5 Å². The van der Waals surface area contributed by atoms with Gasteiger partial charge in [0, 0.05) is 0 Å². The molecule has 0 aliphatic heterocycles. The number of rotatable bonds is 8. The van der Waals surface area contributed by atoms with Crippen molar-refractivity contribution in [1.29, 1.82) is 0 Å². The molecule has 8 heteroatoms. The summed E-state index contributed by atoms with van der Waals surface area (Å²) in [5.74, 6) is -1.09. The Balaban J connectivity index is -0.000000845. The van der Waals surface area contributed by atoms with Crippen LogP contribution in [0.15, 0.2) is 0 Å². The molecule has 0 aromatic carbocycles. The fourth-order valence-corrected chi connectivity index (χ4v) is 1.86. The van der Waals surface area contributed by atoms with Gasteiger partial charge in [0.05, 0.1) is 18.8 Å². The first-order chi connectivity index (χ1) is 6.48. The van der Waals surface area contributed by atoms with E-state index in [-0.39, 0.29) is 54.5 Å². The van der Waals surface area contributed by atoms with E-state index >= 15 is 0 Å². The van der Waals surface area contributed by atoms with Crippen molar-refractivity contribution in [2.24, 2.45) is 0 Å². The maximum atomic E-state index is 11.1. The van der Waals surface area contributed by atoms with Gasteiger partial charge in [-0.15, -0.1) is 0 Å². The van der Waals surface area contributed by atoms with Gasteiger partial charge in [0.1, 0.15) is 0 Å². The van der Waals surface area contributed by atoms with Crippen LogP contribution in [0.25, 0.3) is 0 Å². The van der Waals surface area contributed by atoms with Crippen molar-refractivity contribution in [2.45, 2.75) is 32.6 Å². The van der Waals surface area contributed by atoms with Crippen LogP contribution in [0.3, 0.4) is 0 Å². The van der Waals surface area contributed by atoms with Crippen LogP contribution in [0, 0.1) is 0 Å². The van der Waals surface area contributed by atoms with Gasteiger partial charge in [-0.05, 0) is 6.42 Å². The van der Waals surface area contributed by atoms with Gasteiger partial charge in [0.2, 0.25) is 0 Å². The molecule has 0 aliphatic rings. The zero-order valence-electron chi connectivity index (χ0n) is 8.94. The average molecular weight is 265 g/mol. The van der Waals surface area contributed by atoms with Gasteiger partial charge in [0.15, 0.2) is 0 Å². The quantitative estimate of drug-likeness (QED) is 0.375. The van der Waals surface area contributed by atoms with Crippen LogP contribution in [-0.4, -0.2) is 61.4 Å². The monoisotopic (exact) mass is 265 g/mol. The van der Waals surface area contributed by atoms with Gasteiger partial charge in [-0.3, -0.25) is 8.98 Å². The van der Waals surface area contributed by atoms with Gasteiger partial charge in [0.25, 0.3) is 10.1 Å². The van der Waals surface area contributed by atoms with Crippen molar-refractivity contribution in [3.05, 3.63) is 0 Å². The van der Waals surface area contributed by atoms with Crippen LogP contribution in [0.2, 0.25) is 0 Å². The van der Waals surface area contributed by atoms with E-state index in [2.05, 4.69) is 4.18 Å². The molecule has 0 fully saturated rings. The second kappa shape index (κ2) is 11.8. The number of hydrogen-bond acceptors (Lipinski definition) is 5. The maximum absolute atomic E-state index is 11.1. The van der Waals surface area contributed by atoms with Gasteiger partial charge in [-0.2, -0.15) is 8.42 Å². The predicted molar refractivity (Wildman–Crippen MR) is 63.7 cm³/mol. The summed E-state index contributed by atoms with van der Waals surface area (Å²) in [7, 11) is -3.51. The molecule has 16 heavy (non-hydrogen) atoms. The van der Waals surface area contributed by atoms with Crippen LogP contribution in [0.1, 0.15) is 32.6 Å². The molecule has 0 radical (unpaired) electrons. The number of carbonyl (C=O) groups is 1. The summed E-state index contributed by atoms with van der Waals surface area (Å²) in [6, 6.07) is 0. The molecule has 6 nitrogen and oxygen atoms in total. The molecule has 0 aliphatic carbocycles. The zero-order chi connectivity index (χ0) is 11.0. The number of unbranched alkanes of at least 4 members (excludes halogenated alkanes) is 2. The van der Waals surface area contributed by atoms with E-state index in [9.17, 15) is 13.2 Å². The van der Waals surface area contributed by atoms with E-state index in [0.29, 0.717) is 6.42 Å². The van der Waals surface area contributed by atoms with Gasteiger partial charge < -0.3 is 11.3 Å². The second-order valence-electron chi connectivity index (χ2n) is 2.93. The van der Waals surface area contributed by atoms with Gasteiger partial charge >= 0.3 is 35.5 Å². The third kappa shape index (κ3) is 14.3. The molecule has 0 saturated heterocycles. The fourth-order valence-electron chi connectivity index (χ4n) is 0.844. The third-order valence-electron chi connectivity index (χ3n) is 1.58. The minimum absolute atomic E-state index is 0. The van der Waals surface area contributed by atoms with Gasteiger partial charge in [-0.1, -0.05) is 19.8 Å². The van der Waals surface area contributed by atoms with E-state index in [1.807, 2.05) is 6.92 Å². The zero-order valence-corrected chi connectivity index (χ0v) is 9.75. The molecule has 94 valence electrons. The van der Waals surface area contributed by atoms with E-state index in [1.165, 1.54) is 0 Å². The molecule has 4 N–H and O–H groups in total. The van der Waals surface area contributed by atoms with E-state index < -0.39 is 16.1 Å². The SMILES string of the molecule is CCCCCS(=O)(=O)OCCC(=O)O.N.[NaH]. The Labute approximate surface area is 119 Å². The first-order valence-corrected chi connectivity index (χ1v) is 6.14. The Hall–Kier alpha value is 0.340. The molecular weight excluding hydrogens is 245 g/mol. The average Bonchev–Trinajstić information content (AvgIpc) is 2.03. The molecule has 0 aromatic rings. The first-order valence-electron chi connectivity index (χ1n) is 4.57. The topological polar surface area (TPSA) is 116 Å². The van der Waals surface area contributed by atoms with Crippen LogP contribution in [-0.2, 0) is 19.1 Å². The van der Waals surface area contributed by atoms with E-state index in [4.69, 9.17) is 5.11 Å². The molecule has 0 atom stereocenters. The molecule has 0 unspecified atom stereocenters. The van der Waals surface area contributed by atoms with Crippen molar-refractivity contribution in [1.82, 2.24) is 6.15 Å². The summed E-state index contributed by atoms with van der Waals surface area (Å²) in [5, 5.41) is 8.25. The summed E-state index contributed by atoms with van der Waals surface area (Å²) in [6.07, 6.45) is 2.05. The van der Waals surface area contributed by atoms with E-state index in [0.717, 1.165) is 12.8 Å². The predicted octanol–water partition coefficient (Wildman–Crippen LogP) is 0.511. The Kier molecular flexibility index (Phi) is 16.0. The Morgan fingerprint density at radius 2 is 1.88 bits per heavy atom. The minimum atomic E-state index is -3.51. The van der Waals surface area contributed by atoms with Crippen LogP contribution >= 0.6 is 0 Å². The third-order valence-corrected chi connectivity index (χ3v) is 2.89. The van der Waals surface area contributed by atoms with Crippen molar-refractivity contribution >= 4 is 45.6 Å². The van der Waals surface area contributed by atoms with Crippen molar-refractivity contribution in [3.8, 4) is 0 Å². The van der Waals surface area contributed by atoms with Crippen LogP contribution in [0.4, 0.5) is 0 Å². The summed E-state index contributed by atoms with van der Waals surface area (Å²) < 4.78 is 26.6. The van der Waals surface area contributed by atoms with E-state index in [1.54, 1.807) is 0 Å². The summed E-state index contributed by atoms with van der Waals surface area (Å²) in [6.45, 7) is 1.70. The summed E-state index contributed by atoms with van der Waals surface area (Å²) in [5.41, 5.74) is 0. The van der Waals surface area contributed by atoms with Crippen molar-refractivity contribution in [2.75, 3.05) is 12.4 Å². The number of hydrogen-bond donors (Lipinski definition) is 2. The molecule has 0 aromatic heterocycles. The van der Waals surface area contributed by atoms with Gasteiger partial charge in [-0.25, -0.2) is 0 Å². The Morgan fingerprint density at radius 3 is 2.31 bits per heavy atom. The first kappa shape index (κ1) is 21.6. The molecule has 0 heterocycles. The second-order valence-corrected chi connectivity index (χ2v) is 4.69. The summed E-state index contributed by atoms with van der Waals surface area (Å²) in [4.78, 5) is 10.1. The Bertz CT molecular complexity index is 268. The summed E-state index contributed by atoms with van der Waals surface area (Å²) >= 11 is 0. The Morgan fingerprint density at radius 1 is 1.31 bits per heavy atom. The molecular formula is C8H20NNaO5S. The van der Waals surface area contributed by atoms with Crippen LogP contribution in [0.5, 0.6) is 0 Å². The fraction of sp³-hybridized carbons (Fsp3) is 0.875. The molecule has 0 bridgehead atoms. The standard InChI is InChI=1S/C8H16O5S.H3N.Na.H/c1-2-3-4-7-14(11,12)13-6-5-8(9)10;;;/h2-7H2,1H3,(H,9,10);1H3;;. The molecule has 0 amide bonds. The van der Waals surface area contributed by atoms with Crippen LogP contribution < -0.4 is 6.15 Å². The van der Waals surface area contributed by atoms with Crippen molar-refractivity contribution in [3.63, 3.8) is 0 Å². The normalized spacial score (nSPS) is 10.1.